The van der Waals surface area contributed by atoms with E-state index in [9.17, 15) is 4.79 Å². The highest BCUT2D eigenvalue weighted by molar-refractivity contribution is 8.01. The summed E-state index contributed by atoms with van der Waals surface area (Å²) in [4.78, 5) is 23.5. The van der Waals surface area contributed by atoms with E-state index in [1.165, 1.54) is 6.42 Å². The maximum absolute atomic E-state index is 12.7. The molecule has 1 aliphatic rings. The lowest BCUT2D eigenvalue weighted by atomic mass is 9.99. The number of aryl methyl sites for hydroxylation is 3. The van der Waals surface area contributed by atoms with Crippen molar-refractivity contribution in [1.82, 2.24) is 19.4 Å². The van der Waals surface area contributed by atoms with Crippen LogP contribution in [-0.2, 0) is 11.3 Å². The molecule has 0 radical (unpaired) electrons. The van der Waals surface area contributed by atoms with Crippen molar-refractivity contribution in [3.63, 3.8) is 0 Å². The number of thioether (sulfide) groups is 1. The summed E-state index contributed by atoms with van der Waals surface area (Å²) < 4.78 is 3.16. The van der Waals surface area contributed by atoms with Crippen molar-refractivity contribution in [3.05, 3.63) is 29.3 Å². The quantitative estimate of drug-likeness (QED) is 0.736. The third kappa shape index (κ3) is 4.39. The molecule has 24 heavy (non-hydrogen) atoms. The lowest BCUT2D eigenvalue weighted by Gasteiger charge is -2.36. The minimum Gasteiger partial charge on any atom is -0.339 e. The fraction of sp³-hybridized carbons (Fsp3) is 0.588. The first-order valence-corrected chi connectivity index (χ1v) is 10.3. The van der Waals surface area contributed by atoms with E-state index in [-0.39, 0.29) is 5.91 Å². The minimum absolute atomic E-state index is 0.250. The zero-order valence-corrected chi connectivity index (χ0v) is 15.9. The highest BCUT2D eigenvalue weighted by Gasteiger charge is 2.26. The monoisotopic (exact) mass is 364 g/mol. The van der Waals surface area contributed by atoms with Crippen LogP contribution in [0.5, 0.6) is 0 Å². The number of hydrogen-bond donors (Lipinski definition) is 0. The van der Waals surface area contributed by atoms with Gasteiger partial charge in [-0.1, -0.05) is 11.8 Å². The average Bonchev–Trinajstić information content (AvgIpc) is 3.19. The second-order valence-electron chi connectivity index (χ2n) is 6.24. The van der Waals surface area contributed by atoms with Gasteiger partial charge in [0.15, 0.2) is 4.34 Å². The molecular formula is C17H24N4OS2. The van der Waals surface area contributed by atoms with Crippen LogP contribution in [0.3, 0.4) is 0 Å². The molecule has 7 heteroatoms. The van der Waals surface area contributed by atoms with Gasteiger partial charge in [-0.15, -0.1) is 11.3 Å². The lowest BCUT2D eigenvalue weighted by molar-refractivity contribution is -0.132. The molecular weight excluding hydrogens is 340 g/mol. The van der Waals surface area contributed by atoms with E-state index in [1.54, 1.807) is 23.1 Å². The van der Waals surface area contributed by atoms with Gasteiger partial charge in [-0.05, 0) is 39.5 Å². The van der Waals surface area contributed by atoms with Crippen LogP contribution >= 0.6 is 23.1 Å². The number of likely N-dealkylation sites (tertiary alicyclic amines) is 1. The van der Waals surface area contributed by atoms with Crippen molar-refractivity contribution >= 4 is 29.0 Å². The first-order valence-electron chi connectivity index (χ1n) is 8.45. The van der Waals surface area contributed by atoms with Crippen LogP contribution in [0.4, 0.5) is 0 Å². The standard InChI is InChI=1S/C17H24N4OS2/c1-13-11-23-17(19-13)24-12-16(22)21-8-4-3-5-15(21)6-9-20-10-7-18-14(20)2/h7,10-11,15H,3-6,8-9,12H2,1-2H3/t15-/m0/s1. The van der Waals surface area contributed by atoms with Gasteiger partial charge in [0.05, 0.1) is 5.75 Å². The Morgan fingerprint density at radius 3 is 3.00 bits per heavy atom. The molecule has 0 bridgehead atoms. The summed E-state index contributed by atoms with van der Waals surface area (Å²) in [6.45, 7) is 5.83. The van der Waals surface area contributed by atoms with Crippen LogP contribution in [0.15, 0.2) is 22.1 Å². The first kappa shape index (κ1) is 17.5. The number of rotatable bonds is 6. The number of carbonyl (C=O) groups is 1. The van der Waals surface area contributed by atoms with E-state index in [0.29, 0.717) is 11.8 Å². The molecule has 0 aliphatic carbocycles. The second-order valence-corrected chi connectivity index (χ2v) is 8.32. The fourth-order valence-electron chi connectivity index (χ4n) is 3.16. The number of aromatic nitrogens is 3. The smallest absolute Gasteiger partial charge is 0.233 e. The molecule has 2 aromatic rings. The summed E-state index contributed by atoms with van der Waals surface area (Å²) in [7, 11) is 0. The Morgan fingerprint density at radius 1 is 1.42 bits per heavy atom. The van der Waals surface area contributed by atoms with Crippen LogP contribution in [0.25, 0.3) is 0 Å². The number of carbonyl (C=O) groups excluding carboxylic acids is 1. The van der Waals surface area contributed by atoms with Crippen molar-refractivity contribution in [1.29, 1.82) is 0 Å². The summed E-state index contributed by atoms with van der Waals surface area (Å²) in [6, 6.07) is 0.353. The molecule has 0 saturated carbocycles. The van der Waals surface area contributed by atoms with Crippen LogP contribution in [0.1, 0.15) is 37.2 Å². The molecule has 0 N–H and O–H groups in total. The minimum atomic E-state index is 0.250. The van der Waals surface area contributed by atoms with Gasteiger partial charge in [-0.3, -0.25) is 4.79 Å². The van der Waals surface area contributed by atoms with E-state index in [4.69, 9.17) is 0 Å². The van der Waals surface area contributed by atoms with Gasteiger partial charge in [0, 0.05) is 42.6 Å². The molecule has 0 unspecified atom stereocenters. The van der Waals surface area contributed by atoms with Crippen molar-refractivity contribution in [2.24, 2.45) is 0 Å². The molecule has 3 heterocycles. The lowest BCUT2D eigenvalue weighted by Crippen LogP contribution is -2.45. The molecule has 1 aliphatic heterocycles. The summed E-state index contributed by atoms with van der Waals surface area (Å²) in [6.07, 6.45) is 8.31. The molecule has 5 nitrogen and oxygen atoms in total. The molecule has 3 rings (SSSR count). The maximum Gasteiger partial charge on any atom is 0.233 e. The number of piperidine rings is 1. The van der Waals surface area contributed by atoms with Crippen LogP contribution < -0.4 is 0 Å². The molecule has 0 aromatic carbocycles. The van der Waals surface area contributed by atoms with Gasteiger partial charge < -0.3 is 9.47 Å². The number of imidazole rings is 1. The molecule has 1 fully saturated rings. The molecule has 130 valence electrons. The summed E-state index contributed by atoms with van der Waals surface area (Å²) in [5.74, 6) is 1.78. The topological polar surface area (TPSA) is 51.0 Å². The van der Waals surface area contributed by atoms with Crippen LogP contribution in [0.2, 0.25) is 0 Å². The Hall–Kier alpha value is -1.34. The first-order chi connectivity index (χ1) is 11.6. The van der Waals surface area contributed by atoms with E-state index < -0.39 is 0 Å². The summed E-state index contributed by atoms with van der Waals surface area (Å²) in [5, 5.41) is 2.03. The average molecular weight is 365 g/mol. The number of hydrogen-bond acceptors (Lipinski definition) is 5. The zero-order chi connectivity index (χ0) is 16.9. The predicted molar refractivity (Wildman–Crippen MR) is 98.5 cm³/mol. The van der Waals surface area contributed by atoms with Gasteiger partial charge in [-0.2, -0.15) is 0 Å². The van der Waals surface area contributed by atoms with Crippen molar-refractivity contribution in [3.8, 4) is 0 Å². The van der Waals surface area contributed by atoms with Crippen molar-refractivity contribution < 1.29 is 4.79 Å². The number of amides is 1. The Balaban J connectivity index is 1.54. The van der Waals surface area contributed by atoms with E-state index >= 15 is 0 Å². The predicted octanol–water partition coefficient (Wildman–Crippen LogP) is 3.52. The fourth-order valence-corrected chi connectivity index (χ4v) is 4.90. The Morgan fingerprint density at radius 2 is 2.29 bits per heavy atom. The van der Waals surface area contributed by atoms with Crippen molar-refractivity contribution in [2.75, 3.05) is 12.3 Å². The molecule has 1 saturated heterocycles. The summed E-state index contributed by atoms with van der Waals surface area (Å²) in [5.41, 5.74) is 1.03. The zero-order valence-electron chi connectivity index (χ0n) is 14.3. The summed E-state index contributed by atoms with van der Waals surface area (Å²) >= 11 is 3.18. The largest absolute Gasteiger partial charge is 0.339 e. The molecule has 1 amide bonds. The van der Waals surface area contributed by atoms with Crippen LogP contribution in [0, 0.1) is 13.8 Å². The maximum atomic E-state index is 12.7. The van der Waals surface area contributed by atoms with Gasteiger partial charge in [0.1, 0.15) is 5.82 Å². The Kier molecular flexibility index (Phi) is 5.94. The van der Waals surface area contributed by atoms with Crippen LogP contribution in [-0.4, -0.2) is 43.7 Å². The Labute approximate surface area is 151 Å². The van der Waals surface area contributed by atoms with Gasteiger partial charge in [0.2, 0.25) is 5.91 Å². The third-order valence-electron chi connectivity index (χ3n) is 4.49. The highest BCUT2D eigenvalue weighted by atomic mass is 32.2. The van der Waals surface area contributed by atoms with E-state index in [0.717, 1.165) is 48.2 Å². The highest BCUT2D eigenvalue weighted by Crippen LogP contribution is 2.25. The number of thiazole rings is 1. The van der Waals surface area contributed by atoms with Gasteiger partial charge >= 0.3 is 0 Å². The van der Waals surface area contributed by atoms with E-state index in [1.807, 2.05) is 31.6 Å². The third-order valence-corrected chi connectivity index (χ3v) is 6.62. The molecule has 2 aromatic heterocycles. The Bertz CT molecular complexity index is 682. The van der Waals surface area contributed by atoms with Gasteiger partial charge in [0.25, 0.3) is 0 Å². The van der Waals surface area contributed by atoms with E-state index in [2.05, 4.69) is 19.4 Å². The number of nitrogens with zero attached hydrogens (tertiary/aromatic N) is 4. The molecule has 1 atom stereocenters. The SMILES string of the molecule is Cc1csc(SCC(=O)N2CCCC[C@H]2CCn2ccnc2C)n1. The second kappa shape index (κ2) is 8.16. The van der Waals surface area contributed by atoms with Gasteiger partial charge in [-0.25, -0.2) is 9.97 Å². The normalized spacial score (nSPS) is 18.1. The van der Waals surface area contributed by atoms with Crippen molar-refractivity contribution in [2.45, 2.75) is 56.5 Å². The molecule has 0 spiro atoms.